The van der Waals surface area contributed by atoms with Crippen molar-refractivity contribution in [2.45, 2.75) is 33.2 Å². The zero-order valence-electron chi connectivity index (χ0n) is 13.1. The van der Waals surface area contributed by atoms with Crippen LogP contribution in [0.2, 0.25) is 0 Å². The first-order valence-electron chi connectivity index (χ1n) is 7.42. The van der Waals surface area contributed by atoms with Gasteiger partial charge in [0.2, 0.25) is 0 Å². The summed E-state index contributed by atoms with van der Waals surface area (Å²) in [4.78, 5) is 23.2. The van der Waals surface area contributed by atoms with Gasteiger partial charge in [0.15, 0.2) is 0 Å². The number of carbonyl (C=O) groups is 2. The predicted molar refractivity (Wildman–Crippen MR) is 82.9 cm³/mol. The summed E-state index contributed by atoms with van der Waals surface area (Å²) >= 11 is 0. The monoisotopic (exact) mass is 300 g/mol. The Hall–Kier alpha value is -2.30. The van der Waals surface area contributed by atoms with Gasteiger partial charge in [0.25, 0.3) is 5.78 Å². The molecule has 5 heteroatoms. The van der Waals surface area contributed by atoms with Gasteiger partial charge in [0.05, 0.1) is 17.3 Å². The number of ether oxygens (including phenoxy) is 1. The third-order valence-corrected chi connectivity index (χ3v) is 4.17. The van der Waals surface area contributed by atoms with E-state index < -0.39 is 11.8 Å². The highest BCUT2D eigenvalue weighted by atomic mass is 16.5. The van der Waals surface area contributed by atoms with Gasteiger partial charge in [-0.1, -0.05) is 39.0 Å². The van der Waals surface area contributed by atoms with Gasteiger partial charge in [0.1, 0.15) is 6.61 Å². The van der Waals surface area contributed by atoms with E-state index in [2.05, 4.69) is 31.2 Å². The maximum atomic E-state index is 11.9. The first-order valence-corrected chi connectivity index (χ1v) is 7.42. The second kappa shape index (κ2) is 5.16. The van der Waals surface area contributed by atoms with Crippen LogP contribution in [-0.4, -0.2) is 24.4 Å². The molecular weight excluding hydrogens is 280 g/mol. The van der Waals surface area contributed by atoms with Gasteiger partial charge in [0, 0.05) is 12.1 Å². The minimum absolute atomic E-state index is 0.0116. The van der Waals surface area contributed by atoms with Gasteiger partial charge in [-0.05, 0) is 17.5 Å². The summed E-state index contributed by atoms with van der Waals surface area (Å²) in [5.41, 5.74) is 5.61. The Morgan fingerprint density at radius 2 is 1.86 bits per heavy atom. The van der Waals surface area contributed by atoms with Crippen LogP contribution < -0.4 is 10.4 Å². The lowest BCUT2D eigenvalue weighted by atomic mass is 9.84. The number of hydrogen-bond acceptors (Lipinski definition) is 5. The van der Waals surface area contributed by atoms with Gasteiger partial charge in [-0.2, -0.15) is 0 Å². The molecule has 0 aromatic heterocycles. The van der Waals surface area contributed by atoms with Crippen LogP contribution in [0.5, 0.6) is 0 Å². The summed E-state index contributed by atoms with van der Waals surface area (Å²) in [5.74, 6) is -1.28. The smallest absolute Gasteiger partial charge is 0.379 e. The number of nitrogens with one attached hydrogen (secondary N) is 1. The van der Waals surface area contributed by atoms with Crippen LogP contribution in [0, 0.1) is 5.41 Å². The zero-order valence-corrected chi connectivity index (χ0v) is 13.1. The third kappa shape index (κ3) is 2.47. The fourth-order valence-corrected chi connectivity index (χ4v) is 2.89. The van der Waals surface area contributed by atoms with Crippen molar-refractivity contribution < 1.29 is 14.3 Å². The highest BCUT2D eigenvalue weighted by Gasteiger charge is 2.41. The van der Waals surface area contributed by atoms with Crippen LogP contribution in [0.25, 0.3) is 0 Å². The maximum absolute atomic E-state index is 11.9. The van der Waals surface area contributed by atoms with Crippen molar-refractivity contribution in [3.63, 3.8) is 0 Å². The van der Waals surface area contributed by atoms with E-state index in [9.17, 15) is 9.59 Å². The van der Waals surface area contributed by atoms with Gasteiger partial charge < -0.3 is 10.2 Å². The molecule has 2 aliphatic heterocycles. The van der Waals surface area contributed by atoms with Gasteiger partial charge in [-0.3, -0.25) is 9.80 Å². The number of hydrazine groups is 1. The van der Waals surface area contributed by atoms with E-state index in [-0.39, 0.29) is 18.1 Å². The molecule has 0 spiro atoms. The minimum atomic E-state index is -0.755. The molecule has 0 amide bonds. The Bertz CT molecular complexity index is 644. The number of para-hydroxylation sites is 1. The molecule has 0 radical (unpaired) electrons. The number of carbonyl (C=O) groups excluding carboxylic acids is 2. The molecule has 3 rings (SSSR count). The molecule has 1 N–H and O–H groups in total. The second-order valence-electron chi connectivity index (χ2n) is 6.77. The molecule has 2 aliphatic rings. The lowest BCUT2D eigenvalue weighted by Gasteiger charge is -2.35. The predicted octanol–water partition coefficient (Wildman–Crippen LogP) is 2.20. The molecule has 1 atom stereocenters. The Labute approximate surface area is 129 Å². The molecule has 116 valence electrons. The third-order valence-electron chi connectivity index (χ3n) is 4.17. The Morgan fingerprint density at radius 3 is 2.41 bits per heavy atom. The molecular formula is C17H20N2O3. The summed E-state index contributed by atoms with van der Waals surface area (Å²) in [5, 5.41) is 2.08. The maximum Gasteiger partial charge on any atom is 0.379 e. The van der Waals surface area contributed by atoms with Crippen molar-refractivity contribution in [1.82, 2.24) is 5.43 Å². The van der Waals surface area contributed by atoms with Gasteiger partial charge in [-0.25, -0.2) is 4.79 Å². The fourth-order valence-electron chi connectivity index (χ4n) is 2.89. The van der Waals surface area contributed by atoms with Gasteiger partial charge in [-0.15, -0.1) is 0 Å². The van der Waals surface area contributed by atoms with Crippen LogP contribution >= 0.6 is 0 Å². The Balaban J connectivity index is 1.98. The van der Waals surface area contributed by atoms with E-state index in [1.54, 1.807) is 0 Å². The van der Waals surface area contributed by atoms with Crippen molar-refractivity contribution in [3.05, 3.63) is 41.6 Å². The van der Waals surface area contributed by atoms with E-state index in [0.717, 1.165) is 11.4 Å². The first kappa shape index (κ1) is 14.6. The molecule has 2 saturated heterocycles. The van der Waals surface area contributed by atoms with Gasteiger partial charge >= 0.3 is 5.97 Å². The van der Waals surface area contributed by atoms with Crippen molar-refractivity contribution in [3.8, 4) is 0 Å². The highest BCUT2D eigenvalue weighted by Crippen LogP contribution is 2.37. The molecule has 0 unspecified atom stereocenters. The molecule has 0 bridgehead atoms. The number of rotatable bonds is 1. The number of esters is 1. The first-order chi connectivity index (χ1) is 10.4. The van der Waals surface area contributed by atoms with E-state index >= 15 is 0 Å². The molecule has 1 aromatic rings. The van der Waals surface area contributed by atoms with Crippen molar-refractivity contribution in [2.75, 3.05) is 11.6 Å². The topological polar surface area (TPSA) is 58.6 Å². The molecule has 2 heterocycles. The fraction of sp³-hybridized carbons (Fsp3) is 0.412. The molecule has 0 saturated carbocycles. The molecule has 2 fully saturated rings. The number of cyclic esters (lactones) is 1. The van der Waals surface area contributed by atoms with Crippen molar-refractivity contribution in [1.29, 1.82) is 0 Å². The SMILES string of the molecule is CC(C)(C)[C@H]1CC(=C2COC(=O)C2=O)NN1c1ccccc1. The minimum Gasteiger partial charge on any atom is -0.455 e. The van der Waals surface area contributed by atoms with Crippen LogP contribution in [0.3, 0.4) is 0 Å². The molecule has 0 aliphatic carbocycles. The number of nitrogens with zero attached hydrogens (tertiary/aromatic N) is 1. The Morgan fingerprint density at radius 1 is 1.18 bits per heavy atom. The average Bonchev–Trinajstić information content (AvgIpc) is 3.05. The quantitative estimate of drug-likeness (QED) is 0.489. The molecule has 1 aromatic carbocycles. The Kier molecular flexibility index (Phi) is 3.43. The summed E-state index contributed by atoms with van der Waals surface area (Å²) in [6.07, 6.45) is 0.691. The lowest BCUT2D eigenvalue weighted by Crippen LogP contribution is -2.44. The van der Waals surface area contributed by atoms with Crippen LogP contribution in [0.4, 0.5) is 5.69 Å². The van der Waals surface area contributed by atoms with Crippen LogP contribution in [-0.2, 0) is 14.3 Å². The lowest BCUT2D eigenvalue weighted by molar-refractivity contribution is -0.146. The van der Waals surface area contributed by atoms with Crippen molar-refractivity contribution >= 4 is 17.4 Å². The van der Waals surface area contributed by atoms with Crippen LogP contribution in [0.15, 0.2) is 41.6 Å². The largest absolute Gasteiger partial charge is 0.455 e. The summed E-state index contributed by atoms with van der Waals surface area (Å²) in [7, 11) is 0. The zero-order chi connectivity index (χ0) is 15.9. The van der Waals surface area contributed by atoms with Crippen molar-refractivity contribution in [2.24, 2.45) is 5.41 Å². The van der Waals surface area contributed by atoms with E-state index in [1.807, 2.05) is 30.3 Å². The normalized spacial score (nSPS) is 25.4. The van der Waals surface area contributed by atoms with E-state index in [1.165, 1.54) is 0 Å². The number of Topliss-reactive ketones (excluding diaryl/α,β-unsaturated/α-hetero) is 1. The highest BCUT2D eigenvalue weighted by molar-refractivity contribution is 6.42. The van der Waals surface area contributed by atoms with Crippen LogP contribution in [0.1, 0.15) is 27.2 Å². The summed E-state index contributed by atoms with van der Waals surface area (Å²) in [6.45, 7) is 6.57. The van der Waals surface area contributed by atoms with E-state index in [0.29, 0.717) is 12.0 Å². The second-order valence-corrected chi connectivity index (χ2v) is 6.77. The number of hydrogen-bond donors (Lipinski definition) is 1. The number of anilines is 1. The standard InChI is InChI=1S/C17H20N2O3/c1-17(2,3)14-9-13(12-10-22-16(21)15(12)20)18-19(14)11-7-5-4-6-8-11/h4-8,14,18H,9-10H2,1-3H3/t14-/m1/s1. The van der Waals surface area contributed by atoms with E-state index in [4.69, 9.17) is 4.74 Å². The number of benzene rings is 1. The molecule has 22 heavy (non-hydrogen) atoms. The average molecular weight is 300 g/mol. The number of ketones is 1. The summed E-state index contributed by atoms with van der Waals surface area (Å²) in [6, 6.07) is 10.2. The molecule has 5 nitrogen and oxygen atoms in total. The summed E-state index contributed by atoms with van der Waals surface area (Å²) < 4.78 is 4.85.